The minimum Gasteiger partial charge on any atom is -0.311 e. The molecule has 0 atom stereocenters. The van der Waals surface area contributed by atoms with Gasteiger partial charge in [0.25, 0.3) is 0 Å². The van der Waals surface area contributed by atoms with Crippen LogP contribution in [0.2, 0.25) is 0 Å². The van der Waals surface area contributed by atoms with Crippen molar-refractivity contribution < 1.29 is 0 Å². The quantitative estimate of drug-likeness (QED) is 0.807. The van der Waals surface area contributed by atoms with E-state index in [0.29, 0.717) is 4.75 Å². The first kappa shape index (κ1) is 11.5. The summed E-state index contributed by atoms with van der Waals surface area (Å²) >= 11 is 1.89. The van der Waals surface area contributed by atoms with Gasteiger partial charge in [0.15, 0.2) is 0 Å². The second-order valence-electron chi connectivity index (χ2n) is 3.92. The summed E-state index contributed by atoms with van der Waals surface area (Å²) in [6, 6.07) is 4.08. The number of thioether (sulfide) groups is 1. The molecule has 1 heterocycles. The van der Waals surface area contributed by atoms with Crippen molar-refractivity contribution >= 4 is 11.8 Å². The first-order valence-electron chi connectivity index (χ1n) is 4.79. The van der Waals surface area contributed by atoms with Gasteiger partial charge >= 0.3 is 0 Å². The Morgan fingerprint density at radius 2 is 2.00 bits per heavy atom. The van der Waals surface area contributed by atoms with Crippen molar-refractivity contribution in [3.63, 3.8) is 0 Å². The van der Waals surface area contributed by atoms with E-state index in [1.807, 2.05) is 36.3 Å². The molecule has 0 aliphatic carbocycles. The van der Waals surface area contributed by atoms with Crippen LogP contribution in [0, 0.1) is 0 Å². The molecule has 1 N–H and O–H groups in total. The van der Waals surface area contributed by atoms with Gasteiger partial charge in [-0.3, -0.25) is 4.98 Å². The predicted molar refractivity (Wildman–Crippen MR) is 63.5 cm³/mol. The van der Waals surface area contributed by atoms with Gasteiger partial charge in [0.1, 0.15) is 0 Å². The molecular formula is C11H18N2S. The van der Waals surface area contributed by atoms with Crippen LogP contribution < -0.4 is 5.32 Å². The standard InChI is InChI=1S/C11H18N2S/c1-11(2,14-3)9-13-8-10-4-6-12-7-5-10/h4-7,13H,8-9H2,1-3H3. The summed E-state index contributed by atoms with van der Waals surface area (Å²) in [5.74, 6) is 0. The number of pyridine rings is 1. The minimum atomic E-state index is 0.313. The van der Waals surface area contributed by atoms with Crippen LogP contribution in [0.25, 0.3) is 0 Å². The first-order chi connectivity index (χ1) is 6.64. The highest BCUT2D eigenvalue weighted by molar-refractivity contribution is 7.99. The van der Waals surface area contributed by atoms with E-state index in [1.54, 1.807) is 0 Å². The minimum absolute atomic E-state index is 0.313. The van der Waals surface area contributed by atoms with Crippen molar-refractivity contribution in [1.82, 2.24) is 10.3 Å². The molecule has 14 heavy (non-hydrogen) atoms. The highest BCUT2D eigenvalue weighted by atomic mass is 32.2. The molecule has 78 valence electrons. The van der Waals surface area contributed by atoms with E-state index in [-0.39, 0.29) is 0 Å². The molecule has 0 aliphatic rings. The second-order valence-corrected chi connectivity index (χ2v) is 5.44. The zero-order chi connectivity index (χ0) is 10.4. The molecule has 1 aromatic rings. The molecule has 0 unspecified atom stereocenters. The SMILES string of the molecule is CSC(C)(C)CNCc1ccncc1. The maximum absolute atomic E-state index is 3.99. The monoisotopic (exact) mass is 210 g/mol. The van der Waals surface area contributed by atoms with Crippen LogP contribution >= 0.6 is 11.8 Å². The Bertz CT molecular complexity index is 259. The van der Waals surface area contributed by atoms with Crippen LogP contribution in [0.15, 0.2) is 24.5 Å². The Kier molecular flexibility index (Phi) is 4.42. The van der Waals surface area contributed by atoms with Crippen LogP contribution in [0.5, 0.6) is 0 Å². The van der Waals surface area contributed by atoms with Crippen LogP contribution in [0.3, 0.4) is 0 Å². The predicted octanol–water partition coefficient (Wildman–Crippen LogP) is 2.31. The number of rotatable bonds is 5. The van der Waals surface area contributed by atoms with E-state index in [4.69, 9.17) is 0 Å². The summed E-state index contributed by atoms with van der Waals surface area (Å²) in [5, 5.41) is 3.44. The van der Waals surface area contributed by atoms with Crippen molar-refractivity contribution in [2.45, 2.75) is 25.1 Å². The molecule has 1 rings (SSSR count). The lowest BCUT2D eigenvalue weighted by atomic mass is 10.2. The number of nitrogens with one attached hydrogen (secondary N) is 1. The summed E-state index contributed by atoms with van der Waals surface area (Å²) in [6.07, 6.45) is 5.81. The van der Waals surface area contributed by atoms with Gasteiger partial charge in [0.05, 0.1) is 0 Å². The van der Waals surface area contributed by atoms with Gasteiger partial charge in [-0.05, 0) is 37.8 Å². The molecule has 3 heteroatoms. The van der Waals surface area contributed by atoms with Crippen LogP contribution in [-0.2, 0) is 6.54 Å². The molecule has 2 nitrogen and oxygen atoms in total. The molecule has 0 saturated heterocycles. The zero-order valence-corrected chi connectivity index (χ0v) is 9.90. The average molecular weight is 210 g/mol. The van der Waals surface area contributed by atoms with E-state index in [0.717, 1.165) is 13.1 Å². The Morgan fingerprint density at radius 1 is 1.36 bits per heavy atom. The average Bonchev–Trinajstić information content (AvgIpc) is 2.19. The van der Waals surface area contributed by atoms with Gasteiger partial charge in [0.2, 0.25) is 0 Å². The third kappa shape index (κ3) is 4.11. The lowest BCUT2D eigenvalue weighted by Crippen LogP contribution is -2.31. The van der Waals surface area contributed by atoms with E-state index < -0.39 is 0 Å². The van der Waals surface area contributed by atoms with E-state index >= 15 is 0 Å². The lowest BCUT2D eigenvalue weighted by Gasteiger charge is -2.22. The largest absolute Gasteiger partial charge is 0.311 e. The zero-order valence-electron chi connectivity index (χ0n) is 9.08. The third-order valence-electron chi connectivity index (χ3n) is 2.18. The molecule has 0 fully saturated rings. The fourth-order valence-electron chi connectivity index (χ4n) is 1.08. The number of hydrogen-bond donors (Lipinski definition) is 1. The molecule has 0 spiro atoms. The van der Waals surface area contributed by atoms with Crippen LogP contribution in [-0.4, -0.2) is 22.5 Å². The molecule has 0 bridgehead atoms. The smallest absolute Gasteiger partial charge is 0.0271 e. The van der Waals surface area contributed by atoms with Crippen molar-refractivity contribution in [1.29, 1.82) is 0 Å². The lowest BCUT2D eigenvalue weighted by molar-refractivity contribution is 0.591. The Labute approximate surface area is 90.5 Å². The maximum atomic E-state index is 3.99. The van der Waals surface area contributed by atoms with E-state index in [9.17, 15) is 0 Å². The van der Waals surface area contributed by atoms with Gasteiger partial charge in [-0.15, -0.1) is 0 Å². The van der Waals surface area contributed by atoms with E-state index in [2.05, 4.69) is 30.4 Å². The van der Waals surface area contributed by atoms with Gasteiger partial charge in [-0.2, -0.15) is 11.8 Å². The summed E-state index contributed by atoms with van der Waals surface area (Å²) < 4.78 is 0.313. The number of nitrogens with zero attached hydrogens (tertiary/aromatic N) is 1. The van der Waals surface area contributed by atoms with Gasteiger partial charge in [0, 0.05) is 30.2 Å². The first-order valence-corrected chi connectivity index (χ1v) is 6.01. The number of aromatic nitrogens is 1. The fourth-order valence-corrected chi connectivity index (χ4v) is 1.33. The van der Waals surface area contributed by atoms with Crippen molar-refractivity contribution in [3.8, 4) is 0 Å². The Morgan fingerprint density at radius 3 is 2.57 bits per heavy atom. The molecule has 1 aromatic heterocycles. The highest BCUT2D eigenvalue weighted by Crippen LogP contribution is 2.19. The summed E-state index contributed by atoms with van der Waals surface area (Å²) in [5.41, 5.74) is 1.29. The summed E-state index contributed by atoms with van der Waals surface area (Å²) in [7, 11) is 0. The molecule has 0 aromatic carbocycles. The second kappa shape index (κ2) is 5.37. The Hall–Kier alpha value is -0.540. The third-order valence-corrected chi connectivity index (χ3v) is 3.43. The molecule has 0 amide bonds. The fraction of sp³-hybridized carbons (Fsp3) is 0.545. The van der Waals surface area contributed by atoms with Crippen LogP contribution in [0.4, 0.5) is 0 Å². The highest BCUT2D eigenvalue weighted by Gasteiger charge is 2.14. The molecule has 0 saturated carbocycles. The summed E-state index contributed by atoms with van der Waals surface area (Å²) in [4.78, 5) is 3.99. The van der Waals surface area contributed by atoms with E-state index in [1.165, 1.54) is 5.56 Å². The van der Waals surface area contributed by atoms with Gasteiger partial charge < -0.3 is 5.32 Å². The topological polar surface area (TPSA) is 24.9 Å². The molecule has 0 radical (unpaired) electrons. The van der Waals surface area contributed by atoms with Crippen molar-refractivity contribution in [2.24, 2.45) is 0 Å². The van der Waals surface area contributed by atoms with Crippen molar-refractivity contribution in [3.05, 3.63) is 30.1 Å². The molecular weight excluding hydrogens is 192 g/mol. The van der Waals surface area contributed by atoms with Crippen LogP contribution in [0.1, 0.15) is 19.4 Å². The summed E-state index contributed by atoms with van der Waals surface area (Å²) in [6.45, 7) is 6.44. The van der Waals surface area contributed by atoms with Crippen molar-refractivity contribution in [2.75, 3.05) is 12.8 Å². The normalized spacial score (nSPS) is 11.6. The van der Waals surface area contributed by atoms with Gasteiger partial charge in [-0.25, -0.2) is 0 Å². The maximum Gasteiger partial charge on any atom is 0.0271 e. The molecule has 0 aliphatic heterocycles. The Balaban J connectivity index is 2.29. The number of hydrogen-bond acceptors (Lipinski definition) is 3. The van der Waals surface area contributed by atoms with Gasteiger partial charge in [-0.1, -0.05) is 0 Å².